The van der Waals surface area contributed by atoms with Gasteiger partial charge in [-0.05, 0) is 98.0 Å². The van der Waals surface area contributed by atoms with Gasteiger partial charge in [-0.15, -0.1) is 11.3 Å². The molecule has 308 valence electrons. The molecule has 13 heteroatoms. The zero-order chi connectivity index (χ0) is 41.8. The Morgan fingerprint density at radius 3 is 2.46 bits per heavy atom. The van der Waals surface area contributed by atoms with Crippen LogP contribution in [-0.2, 0) is 33.3 Å². The summed E-state index contributed by atoms with van der Waals surface area (Å²) < 4.78 is 25.2. The lowest BCUT2D eigenvalue weighted by Gasteiger charge is -2.46. The van der Waals surface area contributed by atoms with Gasteiger partial charge >= 0.3 is 12.1 Å². The van der Waals surface area contributed by atoms with E-state index in [2.05, 4.69) is 54.1 Å². The van der Waals surface area contributed by atoms with E-state index in [4.69, 9.17) is 18.9 Å². The third-order valence-electron chi connectivity index (χ3n) is 12.5. The summed E-state index contributed by atoms with van der Waals surface area (Å²) in [6.07, 6.45) is 4.06. The number of pyridine rings is 1. The number of carbonyl (C=O) groups is 4. The zero-order valence-electron chi connectivity index (χ0n) is 34.9. The summed E-state index contributed by atoms with van der Waals surface area (Å²) in [5.74, 6) is 1.69. The van der Waals surface area contributed by atoms with Gasteiger partial charge in [-0.1, -0.05) is 39.5 Å². The predicted octanol–water partition coefficient (Wildman–Crippen LogP) is 6.59. The van der Waals surface area contributed by atoms with Crippen LogP contribution in [0.2, 0.25) is 0 Å². The molecule has 2 aromatic rings. The highest BCUT2D eigenvalue weighted by atomic mass is 32.1. The number of esters is 1. The SMILES string of the molecule is CC[C@H]1OC(=O)[C@H](C)C(=O)[C@H](C)[C@@H](CC2C[C@@H](N(C)C)C[C@@H](C)O2)[C@@](C)(OCC#Cc2ccc(-c3cncc(C#N)c3)s2)C[C@@H](C)C(=O)[C@H](C)C2NC(=O)O[C@@]21C. The third kappa shape index (κ3) is 9.77. The molecule has 0 saturated carbocycles. The molecular formula is C44H58N4O8S. The molecule has 12 atom stereocenters. The van der Waals surface area contributed by atoms with Crippen LogP contribution in [0, 0.1) is 52.8 Å². The minimum absolute atomic E-state index is 0.00565. The van der Waals surface area contributed by atoms with Gasteiger partial charge in [-0.3, -0.25) is 19.4 Å². The second kappa shape index (κ2) is 18.2. The smallest absolute Gasteiger partial charge is 0.408 e. The van der Waals surface area contributed by atoms with Crippen molar-refractivity contribution in [1.29, 1.82) is 5.26 Å². The monoisotopic (exact) mass is 802 g/mol. The average Bonchev–Trinajstić information content (AvgIpc) is 3.79. The fourth-order valence-corrected chi connectivity index (χ4v) is 10.1. The molecule has 0 aliphatic carbocycles. The van der Waals surface area contributed by atoms with E-state index in [1.165, 1.54) is 17.5 Å². The topological polar surface area (TPSA) is 157 Å². The molecule has 0 aromatic carbocycles. The highest BCUT2D eigenvalue weighted by molar-refractivity contribution is 7.16. The largest absolute Gasteiger partial charge is 0.458 e. The quantitative estimate of drug-likeness (QED) is 0.183. The molecule has 2 aromatic heterocycles. The number of thiophene rings is 1. The fraction of sp³-hybridized carbons (Fsp3) is 0.636. The number of hydrogen-bond acceptors (Lipinski definition) is 12. The number of aromatic nitrogens is 1. The number of amides is 1. The summed E-state index contributed by atoms with van der Waals surface area (Å²) in [6, 6.07) is 7.25. The van der Waals surface area contributed by atoms with Crippen LogP contribution in [0.25, 0.3) is 10.4 Å². The van der Waals surface area contributed by atoms with Gasteiger partial charge in [0.25, 0.3) is 0 Å². The lowest BCUT2D eigenvalue weighted by Crippen LogP contribution is -2.57. The van der Waals surface area contributed by atoms with Gasteiger partial charge in [0.1, 0.15) is 36.3 Å². The maximum Gasteiger partial charge on any atom is 0.408 e. The number of nitrogens with zero attached hydrogens (tertiary/aromatic N) is 3. The van der Waals surface area contributed by atoms with Gasteiger partial charge < -0.3 is 29.2 Å². The fourth-order valence-electron chi connectivity index (χ4n) is 9.23. The Kier molecular flexibility index (Phi) is 14.0. The van der Waals surface area contributed by atoms with Crippen LogP contribution in [0.3, 0.4) is 0 Å². The Labute approximate surface area is 341 Å². The van der Waals surface area contributed by atoms with Crippen LogP contribution in [0.4, 0.5) is 4.79 Å². The van der Waals surface area contributed by atoms with Crippen molar-refractivity contribution in [3.63, 3.8) is 0 Å². The molecule has 3 saturated heterocycles. The van der Waals surface area contributed by atoms with Crippen molar-refractivity contribution in [2.75, 3.05) is 20.7 Å². The summed E-state index contributed by atoms with van der Waals surface area (Å²) in [7, 11) is 4.12. The zero-order valence-corrected chi connectivity index (χ0v) is 35.7. The number of cyclic esters (lactones) is 1. The number of ether oxygens (including phenoxy) is 4. The van der Waals surface area contributed by atoms with Crippen molar-refractivity contribution in [3.05, 3.63) is 41.0 Å². The Balaban J connectivity index is 1.52. The van der Waals surface area contributed by atoms with E-state index in [1.807, 2.05) is 39.8 Å². The van der Waals surface area contributed by atoms with Crippen LogP contribution < -0.4 is 5.32 Å². The van der Waals surface area contributed by atoms with E-state index in [0.29, 0.717) is 18.4 Å². The number of nitrogens with one attached hydrogen (secondary N) is 1. The molecular weight excluding hydrogens is 745 g/mol. The van der Waals surface area contributed by atoms with E-state index < -0.39 is 65.0 Å². The maximum absolute atomic E-state index is 14.5. The Morgan fingerprint density at radius 2 is 1.77 bits per heavy atom. The Hall–Kier alpha value is -4.14. The van der Waals surface area contributed by atoms with Gasteiger partial charge in [-0.25, -0.2) is 4.79 Å². The molecule has 0 bridgehead atoms. The van der Waals surface area contributed by atoms with Gasteiger partial charge in [0, 0.05) is 46.6 Å². The molecule has 3 fully saturated rings. The maximum atomic E-state index is 14.5. The summed E-state index contributed by atoms with van der Waals surface area (Å²) in [6.45, 7) is 14.5. The molecule has 5 heterocycles. The van der Waals surface area contributed by atoms with Crippen LogP contribution >= 0.6 is 11.3 Å². The van der Waals surface area contributed by atoms with Crippen molar-refractivity contribution in [2.45, 2.75) is 129 Å². The minimum Gasteiger partial charge on any atom is -0.458 e. The number of ketones is 2. The number of fused-ring (bicyclic) bond motifs is 1. The molecule has 5 rings (SSSR count). The van der Waals surface area contributed by atoms with E-state index in [9.17, 15) is 24.4 Å². The Morgan fingerprint density at radius 1 is 1.04 bits per heavy atom. The summed E-state index contributed by atoms with van der Waals surface area (Å²) in [4.78, 5) is 63.7. The van der Waals surface area contributed by atoms with E-state index in [1.54, 1.807) is 33.0 Å². The molecule has 0 spiro atoms. The molecule has 2 unspecified atom stereocenters. The number of hydrogen-bond donors (Lipinski definition) is 1. The first kappa shape index (κ1) is 44.0. The molecule has 3 aliphatic rings. The lowest BCUT2D eigenvalue weighted by molar-refractivity contribution is -0.173. The number of nitriles is 1. The van der Waals surface area contributed by atoms with Crippen LogP contribution in [0.1, 0.15) is 97.9 Å². The first-order valence-electron chi connectivity index (χ1n) is 20.1. The highest BCUT2D eigenvalue weighted by Crippen LogP contribution is 2.43. The number of rotatable bonds is 7. The minimum atomic E-state index is -1.35. The van der Waals surface area contributed by atoms with Crippen molar-refractivity contribution < 1.29 is 38.1 Å². The van der Waals surface area contributed by atoms with Crippen molar-refractivity contribution in [2.24, 2.45) is 29.6 Å². The number of carbonyl (C=O) groups excluding carboxylic acids is 4. The Bertz CT molecular complexity index is 1910. The number of Topliss-reactive ketones (excluding diaryl/α,β-unsaturated/α-hetero) is 2. The molecule has 1 N–H and O–H groups in total. The second-order valence-electron chi connectivity index (χ2n) is 16.9. The van der Waals surface area contributed by atoms with Gasteiger partial charge in [0.2, 0.25) is 0 Å². The van der Waals surface area contributed by atoms with Crippen LogP contribution in [-0.4, -0.2) is 95.8 Å². The van der Waals surface area contributed by atoms with Gasteiger partial charge in [0.05, 0.1) is 34.3 Å². The molecule has 12 nitrogen and oxygen atoms in total. The van der Waals surface area contributed by atoms with E-state index >= 15 is 0 Å². The highest BCUT2D eigenvalue weighted by Gasteiger charge is 2.57. The summed E-state index contributed by atoms with van der Waals surface area (Å²) in [5.41, 5.74) is -1.13. The molecule has 1 amide bonds. The summed E-state index contributed by atoms with van der Waals surface area (Å²) >= 11 is 1.47. The van der Waals surface area contributed by atoms with Crippen LogP contribution in [0.15, 0.2) is 30.6 Å². The standard InChI is InChI=1S/C44H58N4O8S/c1-11-37-44(8)40(47-42(52)56-44)28(5)38(49)25(2)21-43(7,53-16-12-13-34-14-15-36(57-34)31-18-30(22-45)23-46-24-31)35(27(4)39(50)29(6)41(51)55-37)20-33-19-32(48(9)10)17-26(3)54-33/h14-15,18,23-29,32-33,35,37,40H,11,16-17,19-21H2,1-10H3,(H,47,52)/t25-,26-,27-,28+,29-,32+,33?,35-,37-,40?,43+,44-/m1/s1. The first-order chi connectivity index (χ1) is 26.9. The third-order valence-corrected chi connectivity index (χ3v) is 13.5. The number of alkyl carbamates (subject to hydrolysis) is 1. The predicted molar refractivity (Wildman–Crippen MR) is 216 cm³/mol. The van der Waals surface area contributed by atoms with Crippen LogP contribution in [0.5, 0.6) is 0 Å². The van der Waals surface area contributed by atoms with E-state index in [-0.39, 0.29) is 42.8 Å². The average molecular weight is 803 g/mol. The first-order valence-corrected chi connectivity index (χ1v) is 20.9. The van der Waals surface area contributed by atoms with Crippen molar-refractivity contribution in [1.82, 2.24) is 15.2 Å². The summed E-state index contributed by atoms with van der Waals surface area (Å²) in [5, 5.41) is 12.2. The second-order valence-corrected chi connectivity index (χ2v) is 18.0. The molecule has 3 aliphatic heterocycles. The normalized spacial score (nSPS) is 35.2. The van der Waals surface area contributed by atoms with Gasteiger partial charge in [0.15, 0.2) is 5.60 Å². The van der Waals surface area contributed by atoms with Crippen molar-refractivity contribution in [3.8, 4) is 28.4 Å². The van der Waals surface area contributed by atoms with Gasteiger partial charge in [-0.2, -0.15) is 5.26 Å². The lowest BCUT2D eigenvalue weighted by atomic mass is 9.68. The molecule has 0 radical (unpaired) electrons. The van der Waals surface area contributed by atoms with E-state index in [0.717, 1.165) is 28.2 Å². The molecule has 57 heavy (non-hydrogen) atoms. The van der Waals surface area contributed by atoms with Crippen molar-refractivity contribution >= 4 is 35.0 Å².